The normalized spacial score (nSPS) is 13.3. The van der Waals surface area contributed by atoms with Crippen molar-refractivity contribution in [3.63, 3.8) is 0 Å². The van der Waals surface area contributed by atoms with Crippen molar-refractivity contribution in [2.45, 2.75) is 38.8 Å². The van der Waals surface area contributed by atoms with Crippen LogP contribution in [0.3, 0.4) is 0 Å². The van der Waals surface area contributed by atoms with Gasteiger partial charge in [0, 0.05) is 0 Å². The van der Waals surface area contributed by atoms with E-state index in [2.05, 4.69) is 10.6 Å². The van der Waals surface area contributed by atoms with Gasteiger partial charge in [-0.3, -0.25) is 14.4 Å². The first-order chi connectivity index (χ1) is 9.63. The molecule has 0 unspecified atom stereocenters. The van der Waals surface area contributed by atoms with Gasteiger partial charge in [-0.15, -0.1) is 0 Å². The number of carbonyl (C=O) groups excluding carboxylic acids is 3. The first kappa shape index (κ1) is 18.8. The number of hydrogen-bond donors (Lipinski definition) is 5. The minimum Gasteiger partial charge on any atom is -0.480 e. The molecule has 120 valence electrons. The van der Waals surface area contributed by atoms with E-state index in [0.717, 1.165) is 0 Å². The minimum atomic E-state index is -1.42. The lowest BCUT2D eigenvalue weighted by molar-refractivity contribution is -0.143. The number of nitrogens with one attached hydrogen (secondary N) is 2. The Bertz CT molecular complexity index is 410. The summed E-state index contributed by atoms with van der Waals surface area (Å²) >= 11 is 0. The molecule has 0 saturated heterocycles. The molecule has 0 aromatic rings. The van der Waals surface area contributed by atoms with Crippen LogP contribution >= 0.6 is 0 Å². The Morgan fingerprint density at radius 1 is 1.19 bits per heavy atom. The van der Waals surface area contributed by atoms with Crippen LogP contribution in [0, 0.1) is 5.92 Å². The summed E-state index contributed by atoms with van der Waals surface area (Å²) in [6.07, 6.45) is -0.0608. The maximum Gasteiger partial charge on any atom is 0.326 e. The molecular formula is C12H22N4O5. The van der Waals surface area contributed by atoms with E-state index in [0.29, 0.717) is 6.42 Å². The summed E-state index contributed by atoms with van der Waals surface area (Å²) in [5.74, 6) is -3.25. The minimum absolute atomic E-state index is 0.228. The third-order valence-electron chi connectivity index (χ3n) is 2.52. The van der Waals surface area contributed by atoms with Crippen molar-refractivity contribution in [2.75, 3.05) is 6.54 Å². The first-order valence-corrected chi connectivity index (χ1v) is 6.47. The third-order valence-corrected chi connectivity index (χ3v) is 2.52. The molecule has 0 saturated carbocycles. The number of primary amides is 1. The highest BCUT2D eigenvalue weighted by Gasteiger charge is 2.22. The van der Waals surface area contributed by atoms with Crippen molar-refractivity contribution in [2.24, 2.45) is 17.4 Å². The zero-order valence-corrected chi connectivity index (χ0v) is 12.1. The van der Waals surface area contributed by atoms with Crippen molar-refractivity contribution >= 4 is 23.7 Å². The maximum absolute atomic E-state index is 11.6. The molecule has 9 nitrogen and oxygen atoms in total. The Morgan fingerprint density at radius 2 is 1.76 bits per heavy atom. The second kappa shape index (κ2) is 8.90. The SMILES string of the molecule is CC(C)C[C@H](N)C(=O)NCC(=O)N[C@@H](CC(N)=O)C(=O)O. The van der Waals surface area contributed by atoms with Crippen LogP contribution in [0.1, 0.15) is 26.7 Å². The van der Waals surface area contributed by atoms with Crippen LogP contribution in [-0.4, -0.2) is 47.4 Å². The molecule has 0 aliphatic carbocycles. The molecule has 0 rings (SSSR count). The highest BCUT2D eigenvalue weighted by Crippen LogP contribution is 2.02. The summed E-state index contributed by atoms with van der Waals surface area (Å²) < 4.78 is 0. The molecule has 0 aromatic heterocycles. The fourth-order valence-corrected chi connectivity index (χ4v) is 1.56. The molecule has 0 aliphatic heterocycles. The Kier molecular flexibility index (Phi) is 7.99. The fraction of sp³-hybridized carbons (Fsp3) is 0.667. The van der Waals surface area contributed by atoms with E-state index >= 15 is 0 Å². The number of nitrogens with two attached hydrogens (primary N) is 2. The standard InChI is InChI=1S/C12H22N4O5/c1-6(2)3-7(13)11(19)15-5-10(18)16-8(12(20)21)4-9(14)17/h6-8H,3-5,13H2,1-2H3,(H2,14,17)(H,15,19)(H,16,18)(H,20,21)/t7-,8-/m0/s1. The molecule has 0 radical (unpaired) electrons. The molecule has 3 amide bonds. The summed E-state index contributed by atoms with van der Waals surface area (Å²) in [6, 6.07) is -2.16. The monoisotopic (exact) mass is 302 g/mol. The number of carboxylic acid groups (broad SMARTS) is 1. The first-order valence-electron chi connectivity index (χ1n) is 6.47. The molecule has 0 fully saturated rings. The Morgan fingerprint density at radius 3 is 2.19 bits per heavy atom. The van der Waals surface area contributed by atoms with Crippen molar-refractivity contribution < 1.29 is 24.3 Å². The van der Waals surface area contributed by atoms with E-state index in [1.54, 1.807) is 0 Å². The second-order valence-electron chi connectivity index (χ2n) is 5.08. The average Bonchev–Trinajstić information content (AvgIpc) is 2.33. The number of carbonyl (C=O) groups is 4. The molecule has 0 heterocycles. The van der Waals surface area contributed by atoms with Gasteiger partial charge in [0.15, 0.2) is 0 Å². The summed E-state index contributed by atoms with van der Waals surface area (Å²) in [5.41, 5.74) is 10.5. The smallest absolute Gasteiger partial charge is 0.326 e. The third kappa shape index (κ3) is 8.58. The molecule has 0 spiro atoms. The highest BCUT2D eigenvalue weighted by atomic mass is 16.4. The van der Waals surface area contributed by atoms with Gasteiger partial charge in [0.05, 0.1) is 19.0 Å². The Labute approximate surface area is 122 Å². The van der Waals surface area contributed by atoms with Crippen molar-refractivity contribution in [1.29, 1.82) is 0 Å². The van der Waals surface area contributed by atoms with Crippen LogP contribution in [0.5, 0.6) is 0 Å². The topological polar surface area (TPSA) is 165 Å². The molecular weight excluding hydrogens is 280 g/mol. The molecule has 0 aromatic carbocycles. The van der Waals surface area contributed by atoms with Crippen molar-refractivity contribution in [3.05, 3.63) is 0 Å². The number of carboxylic acids is 1. The van der Waals surface area contributed by atoms with Gasteiger partial charge in [-0.25, -0.2) is 4.79 Å². The van der Waals surface area contributed by atoms with Crippen molar-refractivity contribution in [3.8, 4) is 0 Å². The van der Waals surface area contributed by atoms with E-state index in [4.69, 9.17) is 16.6 Å². The van der Waals surface area contributed by atoms with Crippen LogP contribution < -0.4 is 22.1 Å². The fourth-order valence-electron chi connectivity index (χ4n) is 1.56. The van der Waals surface area contributed by atoms with E-state index < -0.39 is 48.7 Å². The van der Waals surface area contributed by atoms with E-state index in [9.17, 15) is 19.2 Å². The molecule has 0 bridgehead atoms. The van der Waals surface area contributed by atoms with Crippen LogP contribution in [0.2, 0.25) is 0 Å². The van der Waals surface area contributed by atoms with Crippen LogP contribution in [0.15, 0.2) is 0 Å². The number of aliphatic carboxylic acids is 1. The quantitative estimate of drug-likeness (QED) is 0.328. The van der Waals surface area contributed by atoms with Crippen LogP contribution in [-0.2, 0) is 19.2 Å². The highest BCUT2D eigenvalue weighted by molar-refractivity contribution is 5.91. The zero-order chi connectivity index (χ0) is 16.6. The van der Waals surface area contributed by atoms with Crippen LogP contribution in [0.25, 0.3) is 0 Å². The van der Waals surface area contributed by atoms with Gasteiger partial charge < -0.3 is 27.2 Å². The lowest BCUT2D eigenvalue weighted by Crippen LogP contribution is -2.49. The van der Waals surface area contributed by atoms with E-state index in [-0.39, 0.29) is 5.92 Å². The van der Waals surface area contributed by atoms with E-state index in [1.807, 2.05) is 13.8 Å². The lowest BCUT2D eigenvalue weighted by Gasteiger charge is -2.15. The summed E-state index contributed by atoms with van der Waals surface area (Å²) in [7, 11) is 0. The average molecular weight is 302 g/mol. The van der Waals surface area contributed by atoms with Crippen LogP contribution in [0.4, 0.5) is 0 Å². The Balaban J connectivity index is 4.27. The summed E-state index contributed by atoms with van der Waals surface area (Å²) in [6.45, 7) is 3.38. The predicted octanol–water partition coefficient (Wildman–Crippen LogP) is -2.08. The number of rotatable bonds is 9. The van der Waals surface area contributed by atoms with Gasteiger partial charge in [0.1, 0.15) is 6.04 Å². The predicted molar refractivity (Wildman–Crippen MR) is 73.8 cm³/mol. The number of amides is 3. The van der Waals surface area contributed by atoms with Gasteiger partial charge in [-0.2, -0.15) is 0 Å². The van der Waals surface area contributed by atoms with Gasteiger partial charge in [-0.05, 0) is 12.3 Å². The molecule has 9 heteroatoms. The van der Waals surface area contributed by atoms with Gasteiger partial charge >= 0.3 is 5.97 Å². The largest absolute Gasteiger partial charge is 0.480 e. The number of hydrogen-bond acceptors (Lipinski definition) is 5. The Hall–Kier alpha value is -2.16. The second-order valence-corrected chi connectivity index (χ2v) is 5.08. The molecule has 7 N–H and O–H groups in total. The van der Waals surface area contributed by atoms with Gasteiger partial charge in [0.25, 0.3) is 0 Å². The zero-order valence-electron chi connectivity index (χ0n) is 12.1. The van der Waals surface area contributed by atoms with Gasteiger partial charge in [0.2, 0.25) is 17.7 Å². The molecule has 0 aliphatic rings. The summed E-state index contributed by atoms with van der Waals surface area (Å²) in [5, 5.41) is 13.2. The maximum atomic E-state index is 11.6. The van der Waals surface area contributed by atoms with Crippen molar-refractivity contribution in [1.82, 2.24) is 10.6 Å². The lowest BCUT2D eigenvalue weighted by atomic mass is 10.0. The summed E-state index contributed by atoms with van der Waals surface area (Å²) in [4.78, 5) is 44.6. The van der Waals surface area contributed by atoms with Gasteiger partial charge in [-0.1, -0.05) is 13.8 Å². The molecule has 21 heavy (non-hydrogen) atoms. The molecule has 2 atom stereocenters. The van der Waals surface area contributed by atoms with E-state index in [1.165, 1.54) is 0 Å².